The molecule has 0 saturated heterocycles. The molecule has 0 bridgehead atoms. The van der Waals surface area contributed by atoms with Crippen molar-refractivity contribution in [2.45, 2.75) is 238 Å². The minimum atomic E-state index is -1.00. The minimum Gasteiger partial charge on any atom is -0.480 e. The van der Waals surface area contributed by atoms with Gasteiger partial charge in [-0.15, -0.1) is 0 Å². The second kappa shape index (κ2) is 40.0. The zero-order chi connectivity index (χ0) is 38.2. The van der Waals surface area contributed by atoms with Gasteiger partial charge in [0.05, 0.1) is 0 Å². The molecule has 0 aliphatic carbocycles. The summed E-state index contributed by atoms with van der Waals surface area (Å²) < 4.78 is 6.04. The molecule has 1 amide bonds. The Bertz CT molecular complexity index is 874. The molecule has 0 aromatic heterocycles. The summed E-state index contributed by atoms with van der Waals surface area (Å²) in [4.78, 5) is 36.3. The average Bonchev–Trinajstić information content (AvgIpc) is 3.13. The normalized spacial score (nSPS) is 12.8. The number of rotatable bonds is 40. The molecule has 0 spiro atoms. The van der Waals surface area contributed by atoms with Crippen molar-refractivity contribution in [2.75, 3.05) is 6.54 Å². The molecule has 7 heteroatoms. The fourth-order valence-electron chi connectivity index (χ4n) is 6.66. The summed E-state index contributed by atoms with van der Waals surface area (Å²) in [6, 6.07) is -0.857. The maximum absolute atomic E-state index is 12.8. The molecule has 0 radical (unpaired) electrons. The molecule has 0 aliphatic heterocycles. The van der Waals surface area contributed by atoms with E-state index in [0.29, 0.717) is 32.2 Å². The Morgan fingerprint density at radius 3 is 1.50 bits per heavy atom. The van der Waals surface area contributed by atoms with Crippen LogP contribution in [0.15, 0.2) is 24.3 Å². The van der Waals surface area contributed by atoms with Crippen LogP contribution in [0.1, 0.15) is 226 Å². The molecule has 304 valence electrons. The summed E-state index contributed by atoms with van der Waals surface area (Å²) >= 11 is 0. The van der Waals surface area contributed by atoms with Crippen LogP contribution >= 0.6 is 0 Å². The molecule has 0 aromatic carbocycles. The summed E-state index contributed by atoms with van der Waals surface area (Å²) in [7, 11) is 0. The molecule has 0 heterocycles. The van der Waals surface area contributed by atoms with Crippen molar-refractivity contribution >= 4 is 17.8 Å². The first kappa shape index (κ1) is 49.9. The Morgan fingerprint density at radius 1 is 0.558 bits per heavy atom. The van der Waals surface area contributed by atoms with Crippen LogP contribution in [-0.2, 0) is 19.1 Å². The highest BCUT2D eigenvalue weighted by atomic mass is 16.5. The number of hydrogen-bond acceptors (Lipinski definition) is 5. The lowest BCUT2D eigenvalue weighted by Crippen LogP contribution is -2.40. The van der Waals surface area contributed by atoms with Crippen molar-refractivity contribution < 1.29 is 24.2 Å². The number of nitrogens with two attached hydrogens (primary N) is 1. The first-order valence-electron chi connectivity index (χ1n) is 22.2. The number of ether oxygens (including phenoxy) is 1. The molecule has 52 heavy (non-hydrogen) atoms. The van der Waals surface area contributed by atoms with Crippen LogP contribution in [0, 0.1) is 0 Å². The van der Waals surface area contributed by atoms with Crippen molar-refractivity contribution in [3.8, 4) is 0 Å². The Balaban J connectivity index is 4.37. The van der Waals surface area contributed by atoms with Crippen molar-refractivity contribution in [3.63, 3.8) is 0 Å². The molecule has 2 atom stereocenters. The van der Waals surface area contributed by atoms with Gasteiger partial charge in [0.1, 0.15) is 12.1 Å². The minimum absolute atomic E-state index is 0.00453. The lowest BCUT2D eigenvalue weighted by Gasteiger charge is -2.18. The molecule has 4 N–H and O–H groups in total. The number of esters is 1. The molecular formula is C45H84N2O5. The van der Waals surface area contributed by atoms with Crippen LogP contribution in [-0.4, -0.2) is 41.6 Å². The summed E-state index contributed by atoms with van der Waals surface area (Å²) in [5.74, 6) is -1.24. The van der Waals surface area contributed by atoms with Gasteiger partial charge in [-0.05, 0) is 90.0 Å². The van der Waals surface area contributed by atoms with Gasteiger partial charge in [-0.3, -0.25) is 9.59 Å². The molecule has 0 aliphatic rings. The summed E-state index contributed by atoms with van der Waals surface area (Å²) in [5, 5.41) is 11.9. The van der Waals surface area contributed by atoms with Crippen LogP contribution in [0.5, 0.6) is 0 Å². The summed E-state index contributed by atoms with van der Waals surface area (Å²) in [5.41, 5.74) is 5.48. The second-order valence-corrected chi connectivity index (χ2v) is 15.1. The van der Waals surface area contributed by atoms with Gasteiger partial charge in [0.15, 0.2) is 0 Å². The van der Waals surface area contributed by atoms with E-state index in [2.05, 4.69) is 43.5 Å². The van der Waals surface area contributed by atoms with E-state index in [4.69, 9.17) is 10.5 Å². The lowest BCUT2D eigenvalue weighted by molar-refractivity contribution is -0.150. The molecule has 0 fully saturated rings. The van der Waals surface area contributed by atoms with Crippen molar-refractivity contribution in [1.82, 2.24) is 5.32 Å². The fraction of sp³-hybridized carbons (Fsp3) is 0.844. The third-order valence-corrected chi connectivity index (χ3v) is 10.0. The SMILES string of the molecule is CCCCCCC/C=C\C/C=C\CCCCCC(CCCCCCCC(=O)NC(CCCN)C(=O)O)OC(=O)CCCCCCCCCCCCC. The maximum Gasteiger partial charge on any atom is 0.326 e. The maximum atomic E-state index is 12.8. The van der Waals surface area contributed by atoms with Crippen LogP contribution in [0.4, 0.5) is 0 Å². The van der Waals surface area contributed by atoms with Gasteiger partial charge in [-0.25, -0.2) is 4.79 Å². The van der Waals surface area contributed by atoms with E-state index in [1.807, 2.05) is 0 Å². The van der Waals surface area contributed by atoms with Crippen LogP contribution < -0.4 is 11.1 Å². The highest BCUT2D eigenvalue weighted by Gasteiger charge is 2.19. The third-order valence-electron chi connectivity index (χ3n) is 10.0. The van der Waals surface area contributed by atoms with Gasteiger partial charge in [-0.1, -0.05) is 154 Å². The van der Waals surface area contributed by atoms with Crippen LogP contribution in [0.3, 0.4) is 0 Å². The van der Waals surface area contributed by atoms with E-state index in [1.165, 1.54) is 103 Å². The van der Waals surface area contributed by atoms with E-state index in [-0.39, 0.29) is 18.0 Å². The fourth-order valence-corrected chi connectivity index (χ4v) is 6.66. The molecule has 0 saturated carbocycles. The van der Waals surface area contributed by atoms with Gasteiger partial charge in [0.25, 0.3) is 0 Å². The third kappa shape index (κ3) is 36.2. The van der Waals surface area contributed by atoms with Gasteiger partial charge in [0.2, 0.25) is 5.91 Å². The Labute approximate surface area is 321 Å². The number of carboxylic acid groups (broad SMARTS) is 1. The smallest absolute Gasteiger partial charge is 0.326 e. The van der Waals surface area contributed by atoms with Crippen molar-refractivity contribution in [2.24, 2.45) is 5.73 Å². The Kier molecular flexibility index (Phi) is 38.4. The number of carbonyl (C=O) groups is 3. The van der Waals surface area contributed by atoms with Gasteiger partial charge >= 0.3 is 11.9 Å². The summed E-state index contributed by atoms with van der Waals surface area (Å²) in [6.07, 6.45) is 45.0. The number of unbranched alkanes of at least 4 members (excludes halogenated alkanes) is 22. The monoisotopic (exact) mass is 733 g/mol. The molecule has 2 unspecified atom stereocenters. The number of carbonyl (C=O) groups excluding carboxylic acids is 2. The lowest BCUT2D eigenvalue weighted by atomic mass is 10.0. The predicted octanol–water partition coefficient (Wildman–Crippen LogP) is 12.5. The summed E-state index contributed by atoms with van der Waals surface area (Å²) in [6.45, 7) is 4.93. The number of carboxylic acids is 1. The van der Waals surface area contributed by atoms with E-state index < -0.39 is 12.0 Å². The second-order valence-electron chi connectivity index (χ2n) is 15.1. The Morgan fingerprint density at radius 2 is 1.00 bits per heavy atom. The average molecular weight is 733 g/mol. The van der Waals surface area contributed by atoms with Gasteiger partial charge < -0.3 is 20.9 Å². The van der Waals surface area contributed by atoms with E-state index >= 15 is 0 Å². The van der Waals surface area contributed by atoms with Crippen molar-refractivity contribution in [1.29, 1.82) is 0 Å². The quantitative estimate of drug-likeness (QED) is 0.0328. The number of hydrogen-bond donors (Lipinski definition) is 3. The molecular weight excluding hydrogens is 649 g/mol. The first-order chi connectivity index (χ1) is 25.4. The Hall–Kier alpha value is -2.15. The highest BCUT2D eigenvalue weighted by molar-refractivity contribution is 5.83. The topological polar surface area (TPSA) is 119 Å². The first-order valence-corrected chi connectivity index (χ1v) is 22.2. The number of allylic oxidation sites excluding steroid dienone is 4. The van der Waals surface area contributed by atoms with Crippen molar-refractivity contribution in [3.05, 3.63) is 24.3 Å². The van der Waals surface area contributed by atoms with E-state index in [9.17, 15) is 19.5 Å². The standard InChI is InChI=1S/C45H84N2O5/c1-3-5-7-9-11-13-15-16-17-18-20-21-23-26-30-35-41(52-44(49)39-33-29-24-22-19-14-12-10-8-6-4-2)36-31-27-25-28-32-38-43(48)47-42(45(50)51)37-34-40-46/h15-16,18,20,41-42H,3-14,17,19,21-40,46H2,1-2H3,(H,47,48)(H,50,51)/b16-15-,20-18-. The highest BCUT2D eigenvalue weighted by Crippen LogP contribution is 2.18. The zero-order valence-corrected chi connectivity index (χ0v) is 34.2. The predicted molar refractivity (Wildman–Crippen MR) is 220 cm³/mol. The van der Waals surface area contributed by atoms with E-state index in [0.717, 1.165) is 83.5 Å². The molecule has 0 aromatic rings. The van der Waals surface area contributed by atoms with Gasteiger partial charge in [0, 0.05) is 12.8 Å². The molecule has 7 nitrogen and oxygen atoms in total. The zero-order valence-electron chi connectivity index (χ0n) is 34.2. The largest absolute Gasteiger partial charge is 0.480 e. The number of nitrogens with one attached hydrogen (secondary N) is 1. The number of aliphatic carboxylic acids is 1. The van der Waals surface area contributed by atoms with Gasteiger partial charge in [-0.2, -0.15) is 0 Å². The van der Waals surface area contributed by atoms with Crippen LogP contribution in [0.2, 0.25) is 0 Å². The number of amides is 1. The molecule has 0 rings (SSSR count). The van der Waals surface area contributed by atoms with Crippen LogP contribution in [0.25, 0.3) is 0 Å². The van der Waals surface area contributed by atoms with E-state index in [1.54, 1.807) is 0 Å².